The Hall–Kier alpha value is -1.19. The summed E-state index contributed by atoms with van der Waals surface area (Å²) >= 11 is 0. The third-order valence-electron chi connectivity index (χ3n) is 3.41. The highest BCUT2D eigenvalue weighted by Gasteiger charge is 2.21. The van der Waals surface area contributed by atoms with Gasteiger partial charge in [-0.1, -0.05) is 12.1 Å². The molecule has 2 N–H and O–H groups in total. The van der Waals surface area contributed by atoms with Crippen molar-refractivity contribution in [2.75, 3.05) is 33.9 Å². The summed E-state index contributed by atoms with van der Waals surface area (Å²) in [6.45, 7) is 1.99. The second-order valence-corrected chi connectivity index (χ2v) is 7.38. The van der Waals surface area contributed by atoms with Gasteiger partial charge in [0.1, 0.15) is 6.04 Å². The van der Waals surface area contributed by atoms with Gasteiger partial charge in [-0.15, -0.1) is 12.4 Å². The molecule has 1 amide bonds. The summed E-state index contributed by atoms with van der Waals surface area (Å²) in [5, 5.41) is 5.88. The van der Waals surface area contributed by atoms with Gasteiger partial charge in [0.15, 0.2) is 0 Å². The fourth-order valence-electron chi connectivity index (χ4n) is 2.04. The number of benzene rings is 1. The van der Waals surface area contributed by atoms with Crippen LogP contribution in [0.3, 0.4) is 0 Å². The first kappa shape index (κ1) is 19.9. The van der Waals surface area contributed by atoms with Crippen molar-refractivity contribution >= 4 is 28.3 Å². The Morgan fingerprint density at radius 3 is 2.52 bits per heavy atom. The SMILES string of the molecule is CN(C)S(=O)(=O)c1ccc(CNC(=O)C2COCCN2)cc1.Cl. The Labute approximate surface area is 142 Å². The van der Waals surface area contributed by atoms with Crippen LogP contribution in [0.2, 0.25) is 0 Å². The maximum absolute atomic E-state index is 11.9. The monoisotopic (exact) mass is 363 g/mol. The number of halogens is 1. The predicted molar refractivity (Wildman–Crippen MR) is 89.0 cm³/mol. The highest BCUT2D eigenvalue weighted by molar-refractivity contribution is 7.89. The third kappa shape index (κ3) is 5.15. The lowest BCUT2D eigenvalue weighted by Gasteiger charge is -2.22. The highest BCUT2D eigenvalue weighted by Crippen LogP contribution is 2.13. The number of carbonyl (C=O) groups is 1. The van der Waals surface area contributed by atoms with E-state index in [1.54, 1.807) is 24.3 Å². The number of carbonyl (C=O) groups excluding carboxylic acids is 1. The Kier molecular flexibility index (Phi) is 7.43. The first-order chi connectivity index (χ1) is 10.4. The molecule has 1 saturated heterocycles. The van der Waals surface area contributed by atoms with Crippen LogP contribution in [-0.4, -0.2) is 58.5 Å². The zero-order chi connectivity index (χ0) is 16.2. The van der Waals surface area contributed by atoms with Gasteiger partial charge >= 0.3 is 0 Å². The standard InChI is InChI=1S/C14H21N3O4S.ClH/c1-17(2)22(19,20)12-5-3-11(4-6-12)9-16-14(18)13-10-21-8-7-15-13;/h3-6,13,15H,7-10H2,1-2H3,(H,16,18);1H. The van der Waals surface area contributed by atoms with Gasteiger partial charge in [0.2, 0.25) is 15.9 Å². The molecule has 1 aliphatic heterocycles. The molecule has 0 aromatic heterocycles. The molecule has 0 bridgehead atoms. The van der Waals surface area contributed by atoms with Gasteiger partial charge in [-0.05, 0) is 17.7 Å². The van der Waals surface area contributed by atoms with Crippen molar-refractivity contribution in [3.05, 3.63) is 29.8 Å². The minimum atomic E-state index is -3.42. The molecule has 0 aliphatic carbocycles. The van der Waals surface area contributed by atoms with E-state index < -0.39 is 10.0 Å². The van der Waals surface area contributed by atoms with E-state index in [9.17, 15) is 13.2 Å². The molecule has 130 valence electrons. The Morgan fingerprint density at radius 2 is 2.00 bits per heavy atom. The van der Waals surface area contributed by atoms with Gasteiger partial charge in [0.25, 0.3) is 0 Å². The van der Waals surface area contributed by atoms with Crippen molar-refractivity contribution in [2.24, 2.45) is 0 Å². The number of morpholine rings is 1. The molecule has 1 heterocycles. The molecule has 7 nitrogen and oxygen atoms in total. The molecule has 1 aliphatic rings. The number of hydrogen-bond donors (Lipinski definition) is 2. The molecule has 0 spiro atoms. The molecular formula is C14H22ClN3O4S. The maximum Gasteiger partial charge on any atom is 0.242 e. The fourth-order valence-corrected chi connectivity index (χ4v) is 2.94. The summed E-state index contributed by atoms with van der Waals surface area (Å²) in [5.41, 5.74) is 0.836. The largest absolute Gasteiger partial charge is 0.378 e. The topological polar surface area (TPSA) is 87.7 Å². The summed E-state index contributed by atoms with van der Waals surface area (Å²) in [7, 11) is -0.445. The van der Waals surface area contributed by atoms with E-state index in [1.807, 2.05) is 0 Å². The van der Waals surface area contributed by atoms with Gasteiger partial charge in [0.05, 0.1) is 18.1 Å². The molecule has 0 saturated carbocycles. The van der Waals surface area contributed by atoms with Crippen molar-refractivity contribution in [3.63, 3.8) is 0 Å². The normalized spacial score (nSPS) is 18.3. The lowest BCUT2D eigenvalue weighted by atomic mass is 10.2. The van der Waals surface area contributed by atoms with Crippen molar-refractivity contribution < 1.29 is 17.9 Å². The Morgan fingerprint density at radius 1 is 1.35 bits per heavy atom. The zero-order valence-electron chi connectivity index (χ0n) is 13.1. The first-order valence-electron chi connectivity index (χ1n) is 7.01. The molecule has 1 aromatic rings. The number of rotatable bonds is 5. The first-order valence-corrected chi connectivity index (χ1v) is 8.45. The van der Waals surface area contributed by atoms with Crippen molar-refractivity contribution in [2.45, 2.75) is 17.5 Å². The average molecular weight is 364 g/mol. The molecule has 23 heavy (non-hydrogen) atoms. The van der Waals surface area contributed by atoms with Crippen molar-refractivity contribution in [1.82, 2.24) is 14.9 Å². The van der Waals surface area contributed by atoms with Crippen LogP contribution in [0.4, 0.5) is 0 Å². The van der Waals surface area contributed by atoms with Gasteiger partial charge in [-0.3, -0.25) is 4.79 Å². The van der Waals surface area contributed by atoms with Crippen LogP contribution >= 0.6 is 12.4 Å². The lowest BCUT2D eigenvalue weighted by Crippen LogP contribution is -2.51. The van der Waals surface area contributed by atoms with Crippen molar-refractivity contribution in [3.8, 4) is 0 Å². The molecule has 1 aromatic carbocycles. The zero-order valence-corrected chi connectivity index (χ0v) is 14.7. The van der Waals surface area contributed by atoms with E-state index in [4.69, 9.17) is 4.74 Å². The van der Waals surface area contributed by atoms with E-state index in [1.165, 1.54) is 18.4 Å². The highest BCUT2D eigenvalue weighted by atomic mass is 35.5. The number of nitrogens with one attached hydrogen (secondary N) is 2. The van der Waals surface area contributed by atoms with Gasteiger partial charge in [0, 0.05) is 27.2 Å². The molecule has 0 radical (unpaired) electrons. The van der Waals surface area contributed by atoms with Gasteiger partial charge in [-0.2, -0.15) is 0 Å². The lowest BCUT2D eigenvalue weighted by molar-refractivity contribution is -0.126. The van der Waals surface area contributed by atoms with Crippen LogP contribution in [0.25, 0.3) is 0 Å². The fraction of sp³-hybridized carbons (Fsp3) is 0.500. The Balaban J connectivity index is 0.00000264. The molecular weight excluding hydrogens is 342 g/mol. The summed E-state index contributed by atoms with van der Waals surface area (Å²) in [6.07, 6.45) is 0. The molecule has 1 fully saturated rings. The minimum Gasteiger partial charge on any atom is -0.378 e. The third-order valence-corrected chi connectivity index (χ3v) is 5.24. The molecule has 2 rings (SSSR count). The number of hydrogen-bond acceptors (Lipinski definition) is 5. The second kappa shape index (κ2) is 8.60. The molecule has 1 unspecified atom stereocenters. The van der Waals surface area contributed by atoms with Crippen LogP contribution in [0.1, 0.15) is 5.56 Å². The van der Waals surface area contributed by atoms with Crippen LogP contribution in [0.15, 0.2) is 29.2 Å². The Bertz CT molecular complexity index is 613. The van der Waals surface area contributed by atoms with Crippen LogP contribution < -0.4 is 10.6 Å². The second-order valence-electron chi connectivity index (χ2n) is 5.23. The van der Waals surface area contributed by atoms with Crippen LogP contribution in [0.5, 0.6) is 0 Å². The van der Waals surface area contributed by atoms with Gasteiger partial charge < -0.3 is 15.4 Å². The van der Waals surface area contributed by atoms with E-state index in [0.29, 0.717) is 26.3 Å². The predicted octanol–water partition coefficient (Wildman–Crippen LogP) is -0.0367. The average Bonchev–Trinajstić information content (AvgIpc) is 2.53. The van der Waals surface area contributed by atoms with Gasteiger partial charge in [-0.25, -0.2) is 12.7 Å². The smallest absolute Gasteiger partial charge is 0.242 e. The number of nitrogens with zero attached hydrogens (tertiary/aromatic N) is 1. The van der Waals surface area contributed by atoms with Crippen molar-refractivity contribution in [1.29, 1.82) is 0 Å². The number of ether oxygens (including phenoxy) is 1. The number of amides is 1. The minimum absolute atomic E-state index is 0. The quantitative estimate of drug-likeness (QED) is 0.766. The maximum atomic E-state index is 11.9. The van der Waals surface area contributed by atoms with E-state index >= 15 is 0 Å². The summed E-state index contributed by atoms with van der Waals surface area (Å²) in [4.78, 5) is 12.2. The van der Waals surface area contributed by atoms with E-state index in [2.05, 4.69) is 10.6 Å². The van der Waals surface area contributed by atoms with Crippen LogP contribution in [-0.2, 0) is 26.1 Å². The van der Waals surface area contributed by atoms with E-state index in [0.717, 1.165) is 5.56 Å². The molecule has 1 atom stereocenters. The number of sulfonamides is 1. The summed E-state index contributed by atoms with van der Waals surface area (Å²) in [6, 6.07) is 6.14. The van der Waals surface area contributed by atoms with Crippen LogP contribution in [0, 0.1) is 0 Å². The molecule has 9 heteroatoms. The summed E-state index contributed by atoms with van der Waals surface area (Å²) < 4.78 is 30.3. The summed E-state index contributed by atoms with van der Waals surface area (Å²) in [5.74, 6) is -0.121. The van der Waals surface area contributed by atoms with E-state index in [-0.39, 0.29) is 29.3 Å².